The van der Waals surface area contributed by atoms with Crippen LogP contribution in [-0.2, 0) is 19.0 Å². The van der Waals surface area contributed by atoms with Crippen molar-refractivity contribution < 1.29 is 65.9 Å². The molecule has 1 aliphatic rings. The van der Waals surface area contributed by atoms with E-state index in [0.29, 0.717) is 35.7 Å². The number of carbonyl (C=O) groups excluding carboxylic acids is 3. The fourth-order valence-electron chi connectivity index (χ4n) is 7.76. The second kappa shape index (κ2) is 42.4. The molecular formula is C62H100F3N3O13Sn. The van der Waals surface area contributed by atoms with E-state index in [4.69, 9.17) is 37.4 Å². The minimum absolute atomic E-state index is 0.0487. The number of amides is 2. The summed E-state index contributed by atoms with van der Waals surface area (Å²) in [5.74, 6) is -1.49. The number of carboxylic acid groups (broad SMARTS) is 1. The van der Waals surface area contributed by atoms with Gasteiger partial charge < -0.3 is 53.7 Å². The molecule has 0 bridgehead atoms. The number of alkyl carbamates (subject to hydrolysis) is 2. The molecule has 3 atom stereocenters. The first-order chi connectivity index (χ1) is 38.3. The van der Waals surface area contributed by atoms with Crippen LogP contribution < -0.4 is 38.4 Å². The smallest absolute Gasteiger partial charge is 0.430 e. The summed E-state index contributed by atoms with van der Waals surface area (Å²) in [6.07, 6.45) is 12.9. The van der Waals surface area contributed by atoms with Crippen LogP contribution in [0.1, 0.15) is 225 Å². The number of aryl methyl sites for hydroxylation is 1. The third kappa shape index (κ3) is 38.4. The van der Waals surface area contributed by atoms with Crippen molar-refractivity contribution >= 4 is 48.7 Å². The predicted octanol–water partition coefficient (Wildman–Crippen LogP) is 14.0. The molecule has 0 aliphatic carbocycles. The summed E-state index contributed by atoms with van der Waals surface area (Å²) in [6.45, 7) is 39.0. The summed E-state index contributed by atoms with van der Waals surface area (Å²) in [4.78, 5) is 66.6. The molecule has 4 heterocycles. The number of alkyl halides is 3. The van der Waals surface area contributed by atoms with Crippen LogP contribution in [-0.4, -0.2) is 67.1 Å². The number of hydrogen-bond donors (Lipinski definition) is 3. The number of quaternary nitrogens is 1. The Morgan fingerprint density at radius 3 is 1.27 bits per heavy atom. The Labute approximate surface area is 490 Å². The topological polar surface area (TPSA) is 244 Å². The zero-order valence-electron chi connectivity index (χ0n) is 51.6. The number of carboxylic acids is 1. The van der Waals surface area contributed by atoms with E-state index >= 15 is 0 Å². The fourth-order valence-corrected chi connectivity index (χ4v) is 20.7. The Morgan fingerprint density at radius 2 is 0.976 bits per heavy atom. The number of unbranched alkanes of at least 4 members (excludes halogenated alkanes) is 3. The third-order valence-corrected chi connectivity index (χ3v) is 25.9. The van der Waals surface area contributed by atoms with E-state index in [0.717, 1.165) is 50.0 Å². The van der Waals surface area contributed by atoms with Crippen LogP contribution in [0.4, 0.5) is 22.8 Å². The number of nitrogens with one attached hydrogen (secondary N) is 2. The van der Waals surface area contributed by atoms with E-state index in [1.54, 1.807) is 79.1 Å². The van der Waals surface area contributed by atoms with E-state index < -0.39 is 71.2 Å². The van der Waals surface area contributed by atoms with Crippen molar-refractivity contribution in [2.75, 3.05) is 13.2 Å². The average Bonchev–Trinajstić information content (AvgIpc) is 4.02. The first-order valence-electron chi connectivity index (χ1n) is 28.8. The molecule has 1 aliphatic heterocycles. The largest absolute Gasteiger partial charge is 0.542 e. The van der Waals surface area contributed by atoms with Gasteiger partial charge >= 0.3 is 137 Å². The maximum atomic E-state index is 11.9. The van der Waals surface area contributed by atoms with E-state index in [-0.39, 0.29) is 17.7 Å². The van der Waals surface area contributed by atoms with Crippen molar-refractivity contribution in [1.82, 2.24) is 10.6 Å². The molecule has 0 aromatic carbocycles. The van der Waals surface area contributed by atoms with Gasteiger partial charge in [-0.05, 0) is 109 Å². The molecular weight excluding hydrogens is 1170 g/mol. The zero-order valence-corrected chi connectivity index (χ0v) is 54.5. The Kier molecular flexibility index (Phi) is 40.7. The summed E-state index contributed by atoms with van der Waals surface area (Å²) >= 11 is -1.85. The van der Waals surface area contributed by atoms with Gasteiger partial charge in [0.05, 0.1) is 12.1 Å². The molecule has 3 aromatic rings. The van der Waals surface area contributed by atoms with E-state index in [1.807, 2.05) is 26.8 Å². The minimum Gasteiger partial charge on any atom is -0.542 e. The average molecular weight is 1270 g/mol. The molecule has 0 saturated carbocycles. The first kappa shape index (κ1) is 78.7. The maximum Gasteiger partial charge on any atom is 0.430 e. The number of hydrogen-bond acceptors (Lipinski definition) is 13. The van der Waals surface area contributed by atoms with Gasteiger partial charge in [-0.25, -0.2) is 24.0 Å². The van der Waals surface area contributed by atoms with E-state index in [9.17, 15) is 37.1 Å². The van der Waals surface area contributed by atoms with Crippen molar-refractivity contribution in [3.05, 3.63) is 125 Å². The minimum atomic E-state index is -5.19. The summed E-state index contributed by atoms with van der Waals surface area (Å²) < 4.78 is 69.6. The van der Waals surface area contributed by atoms with Crippen LogP contribution in [0, 0.1) is 6.92 Å². The molecule has 1 fully saturated rings. The van der Waals surface area contributed by atoms with Crippen LogP contribution in [0.2, 0.25) is 13.3 Å². The number of ether oxygens (including phenoxy) is 3. The van der Waals surface area contributed by atoms with Crippen LogP contribution in [0.15, 0.2) is 87.9 Å². The van der Waals surface area contributed by atoms with Gasteiger partial charge in [0, 0.05) is 37.8 Å². The molecule has 0 unspecified atom stereocenters. The molecule has 0 spiro atoms. The normalized spacial score (nSPS) is 13.0. The summed E-state index contributed by atoms with van der Waals surface area (Å²) in [6, 6.07) is 8.77. The quantitative estimate of drug-likeness (QED) is 0.0749. The molecule has 1 saturated heterocycles. The van der Waals surface area contributed by atoms with Crippen molar-refractivity contribution in [2.24, 2.45) is 0 Å². The zero-order chi connectivity index (χ0) is 63.1. The van der Waals surface area contributed by atoms with Crippen molar-refractivity contribution in [3.63, 3.8) is 0 Å². The predicted molar refractivity (Wildman–Crippen MR) is 321 cm³/mol. The molecule has 20 heteroatoms. The first-order valence-corrected chi connectivity index (χ1v) is 36.5. The number of carbonyl (C=O) groups is 3. The molecule has 4 rings (SSSR count). The number of aliphatic carboxylic acids is 1. The third-order valence-electron chi connectivity index (χ3n) is 11.9. The Morgan fingerprint density at radius 1 is 0.622 bits per heavy atom. The second-order valence-corrected chi connectivity index (χ2v) is 35.2. The summed E-state index contributed by atoms with van der Waals surface area (Å²) in [5, 5.41) is 14.3. The van der Waals surface area contributed by atoms with Gasteiger partial charge in [-0.3, -0.25) is 0 Å². The van der Waals surface area contributed by atoms with Gasteiger partial charge in [0.25, 0.3) is 0 Å². The fraction of sp³-hybridized carbons (Fsp3) is 0.613. The van der Waals surface area contributed by atoms with Crippen LogP contribution in [0.5, 0.6) is 0 Å². The van der Waals surface area contributed by atoms with Gasteiger partial charge in [0.15, 0.2) is 5.76 Å². The van der Waals surface area contributed by atoms with Gasteiger partial charge in [-0.15, -0.1) is 0 Å². The molecule has 2 amide bonds. The second-order valence-electron chi connectivity index (χ2n) is 21.9. The van der Waals surface area contributed by atoms with E-state index in [1.165, 1.54) is 69.6 Å². The Balaban J connectivity index is 0. The maximum absolute atomic E-state index is 11.9. The molecule has 3 aromatic heterocycles. The molecule has 466 valence electrons. The molecule has 16 nitrogen and oxygen atoms in total. The SMILES string of the molecule is C1CCOC1.C=Cc1cc([C@@H](CCC)NC(=O)OC(C)(C)C)oc(=O)c1.C=Cc1cc([C@H]([NH3+])CCC)oc(=O)c1.C=[CH][Sn]([CH2]CCC)([CH2]CCC)[CH2]CCC.CCC[C@@H](NC(=O)OC(C)(C)C)c1cc(C)cc(=O)o1.O=C([O-])C(F)(F)F. The van der Waals surface area contributed by atoms with Crippen LogP contribution in [0.3, 0.4) is 0 Å². The van der Waals surface area contributed by atoms with Crippen molar-refractivity contribution in [3.8, 4) is 0 Å². The van der Waals surface area contributed by atoms with Crippen LogP contribution >= 0.6 is 0 Å². The summed E-state index contributed by atoms with van der Waals surface area (Å²) in [7, 11) is 0. The van der Waals surface area contributed by atoms with Crippen molar-refractivity contribution in [1.29, 1.82) is 0 Å². The van der Waals surface area contributed by atoms with E-state index in [2.05, 4.69) is 67.9 Å². The number of halogens is 3. The monoisotopic (exact) mass is 1270 g/mol. The number of rotatable bonds is 23. The Bertz CT molecular complexity index is 2460. The standard InChI is InChI=1S/C16H23NO4.C15H23NO4.C11H15NO2.C4H8O.3C4H9.C2HF3O2.C2H3.Sn/c1-6-8-12(17-15(19)21-16(3,4)5)13-9-11(7-2)10-14(18)20-13;1-6-7-11(16-14(18)20-15(3,4)5)12-8-10(2)9-13(17)19-12;1-3-5-9(12)10-6-8(4-2)7-11(13)14-10;1-2-4-5-3-1;3*1-3-4-2;3-2(4,5)1(6)7;1-2;/h7,9-10,12H,2,6,8H2,1,3-5H3,(H,17,19);8-9,11H,6-7H2,1-5H3,(H,16,18);4,6-7,9H,2-3,5,12H2,1H3;1-4H2;3*1,3-4H2,2H3;(H,6,7);1H,2H2;/t12-;11-;9-;;;;;;;/m111......./s1. The summed E-state index contributed by atoms with van der Waals surface area (Å²) in [5.41, 5.74) is 3.86. The van der Waals surface area contributed by atoms with Gasteiger partial charge in [0.2, 0.25) is 0 Å². The van der Waals surface area contributed by atoms with Gasteiger partial charge in [-0.2, -0.15) is 13.2 Å². The Hall–Kier alpha value is -5.41. The van der Waals surface area contributed by atoms with Gasteiger partial charge in [0.1, 0.15) is 34.7 Å². The molecule has 5 N–H and O–H groups in total. The van der Waals surface area contributed by atoms with Crippen LogP contribution in [0.25, 0.3) is 12.2 Å². The molecule has 82 heavy (non-hydrogen) atoms. The van der Waals surface area contributed by atoms with Crippen molar-refractivity contribution in [2.45, 2.75) is 229 Å². The van der Waals surface area contributed by atoms with Gasteiger partial charge in [-0.1, -0.05) is 65.3 Å². The molecule has 0 radical (unpaired) electrons.